The van der Waals surface area contributed by atoms with Crippen molar-refractivity contribution in [1.82, 2.24) is 0 Å². The molecule has 0 aliphatic carbocycles. The third kappa shape index (κ3) is 3.13. The number of carboxylic acid groups (broad SMARTS) is 1. The topological polar surface area (TPSA) is 66.6 Å². The van der Waals surface area contributed by atoms with E-state index in [1.165, 1.54) is 5.56 Å². The van der Waals surface area contributed by atoms with Crippen LogP contribution in [0.5, 0.6) is 0 Å². The molecule has 0 radical (unpaired) electrons. The van der Waals surface area contributed by atoms with E-state index in [2.05, 4.69) is 27.4 Å². The average Bonchev–Trinajstić information content (AvgIpc) is 2.77. The Kier molecular flexibility index (Phi) is 4.35. The summed E-state index contributed by atoms with van der Waals surface area (Å²) < 4.78 is 1.08. The molecule has 0 saturated heterocycles. The zero-order valence-electron chi connectivity index (χ0n) is 11.2. The summed E-state index contributed by atoms with van der Waals surface area (Å²) in [5.74, 6) is -1.00. The number of hydrogen-bond donors (Lipinski definition) is 2. The van der Waals surface area contributed by atoms with Crippen LogP contribution < -0.4 is 10.6 Å². The van der Waals surface area contributed by atoms with Gasteiger partial charge in [-0.15, -0.1) is 11.3 Å². The summed E-state index contributed by atoms with van der Waals surface area (Å²) in [6.07, 6.45) is 0. The predicted octanol–water partition coefficient (Wildman–Crippen LogP) is 3.74. The lowest BCUT2D eigenvalue weighted by Gasteiger charge is -2.20. The second-order valence-electron chi connectivity index (χ2n) is 4.64. The third-order valence-corrected chi connectivity index (χ3v) is 4.64. The largest absolute Gasteiger partial charge is 0.478 e. The molecule has 2 aromatic rings. The molecule has 0 spiro atoms. The van der Waals surface area contributed by atoms with Crippen molar-refractivity contribution in [3.05, 3.63) is 44.1 Å². The molecule has 1 aromatic carbocycles. The average molecular weight is 355 g/mol. The van der Waals surface area contributed by atoms with Crippen LogP contribution in [0.1, 0.15) is 21.5 Å². The minimum Gasteiger partial charge on any atom is -0.478 e. The Bertz CT molecular complexity index is 655. The Labute approximate surface area is 130 Å². The quantitative estimate of drug-likeness (QED) is 0.820. The molecule has 0 fully saturated rings. The fraction of sp³-hybridized carbons (Fsp3) is 0.214. The van der Waals surface area contributed by atoms with Crippen molar-refractivity contribution in [3.8, 4) is 0 Å². The first-order chi connectivity index (χ1) is 9.38. The van der Waals surface area contributed by atoms with E-state index < -0.39 is 5.97 Å². The number of carboxylic acids is 1. The molecule has 0 bridgehead atoms. The second kappa shape index (κ2) is 5.85. The lowest BCUT2D eigenvalue weighted by Crippen LogP contribution is -2.17. The highest BCUT2D eigenvalue weighted by atomic mass is 79.9. The Hall–Kier alpha value is -1.53. The number of benzene rings is 1. The first-order valence-electron chi connectivity index (χ1n) is 5.96. The van der Waals surface area contributed by atoms with Crippen LogP contribution in [0.4, 0.5) is 11.4 Å². The maximum atomic E-state index is 11.2. The zero-order valence-corrected chi connectivity index (χ0v) is 13.6. The standard InChI is InChI=1S/C14H15BrN2O2S/c1-8-3-10(5-11(13(8)16)14(18)19)17(2)6-9-4-12(15)20-7-9/h3-5,7H,6,16H2,1-2H3,(H,18,19). The van der Waals surface area contributed by atoms with Gasteiger partial charge in [0.25, 0.3) is 0 Å². The summed E-state index contributed by atoms with van der Waals surface area (Å²) in [4.78, 5) is 13.2. The molecule has 2 rings (SSSR count). The first-order valence-corrected chi connectivity index (χ1v) is 7.63. The van der Waals surface area contributed by atoms with Crippen LogP contribution in [-0.4, -0.2) is 18.1 Å². The van der Waals surface area contributed by atoms with Gasteiger partial charge >= 0.3 is 5.97 Å². The fourth-order valence-electron chi connectivity index (χ4n) is 1.97. The van der Waals surface area contributed by atoms with E-state index in [9.17, 15) is 9.90 Å². The summed E-state index contributed by atoms with van der Waals surface area (Å²) in [5, 5.41) is 11.3. The number of carbonyl (C=O) groups is 1. The van der Waals surface area contributed by atoms with Gasteiger partial charge in [0.2, 0.25) is 0 Å². The van der Waals surface area contributed by atoms with E-state index >= 15 is 0 Å². The molecule has 4 nitrogen and oxygen atoms in total. The van der Waals surface area contributed by atoms with Gasteiger partial charge in [-0.05, 0) is 57.6 Å². The maximum Gasteiger partial charge on any atom is 0.337 e. The zero-order chi connectivity index (χ0) is 14.9. The van der Waals surface area contributed by atoms with Gasteiger partial charge < -0.3 is 15.7 Å². The van der Waals surface area contributed by atoms with E-state index in [0.29, 0.717) is 12.2 Å². The Morgan fingerprint density at radius 3 is 2.70 bits per heavy atom. The molecule has 0 atom stereocenters. The van der Waals surface area contributed by atoms with Crippen molar-refractivity contribution in [2.75, 3.05) is 17.7 Å². The smallest absolute Gasteiger partial charge is 0.337 e. The molecule has 0 aliphatic heterocycles. The van der Waals surface area contributed by atoms with Crippen LogP contribution in [0.15, 0.2) is 27.4 Å². The number of thiophene rings is 1. The number of aromatic carboxylic acids is 1. The van der Waals surface area contributed by atoms with E-state index in [-0.39, 0.29) is 5.56 Å². The Morgan fingerprint density at radius 2 is 2.15 bits per heavy atom. The van der Waals surface area contributed by atoms with Crippen molar-refractivity contribution in [1.29, 1.82) is 0 Å². The summed E-state index contributed by atoms with van der Waals surface area (Å²) in [7, 11) is 1.93. The van der Waals surface area contributed by atoms with E-state index in [1.54, 1.807) is 17.4 Å². The monoisotopic (exact) mass is 354 g/mol. The highest BCUT2D eigenvalue weighted by Crippen LogP contribution is 2.27. The molecule has 106 valence electrons. The van der Waals surface area contributed by atoms with E-state index in [4.69, 9.17) is 5.73 Å². The minimum atomic E-state index is -1.00. The van der Waals surface area contributed by atoms with E-state index in [1.807, 2.05) is 24.9 Å². The van der Waals surface area contributed by atoms with Crippen molar-refractivity contribution in [2.45, 2.75) is 13.5 Å². The highest BCUT2D eigenvalue weighted by molar-refractivity contribution is 9.11. The number of hydrogen-bond acceptors (Lipinski definition) is 4. The van der Waals surface area contributed by atoms with Crippen LogP contribution >= 0.6 is 27.3 Å². The molecule has 0 saturated carbocycles. The molecular weight excluding hydrogens is 340 g/mol. The molecule has 1 aromatic heterocycles. The number of rotatable bonds is 4. The molecular formula is C14H15BrN2O2S. The van der Waals surface area contributed by atoms with Gasteiger partial charge in [0.1, 0.15) is 0 Å². The molecule has 6 heteroatoms. The lowest BCUT2D eigenvalue weighted by atomic mass is 10.1. The van der Waals surface area contributed by atoms with Crippen LogP contribution in [0.3, 0.4) is 0 Å². The number of halogens is 1. The number of anilines is 2. The molecule has 0 amide bonds. The number of nitrogens with zero attached hydrogens (tertiary/aromatic N) is 1. The van der Waals surface area contributed by atoms with E-state index in [0.717, 1.165) is 15.0 Å². The van der Waals surface area contributed by atoms with Crippen molar-refractivity contribution >= 4 is 44.6 Å². The summed E-state index contributed by atoms with van der Waals surface area (Å²) in [5.41, 5.74) is 9.08. The predicted molar refractivity (Wildman–Crippen MR) is 86.7 cm³/mol. The molecule has 0 aliphatic rings. The second-order valence-corrected chi connectivity index (χ2v) is 6.93. The first kappa shape index (κ1) is 14.9. The SMILES string of the molecule is Cc1cc(N(C)Cc2csc(Br)c2)cc(C(=O)O)c1N. The van der Waals surface area contributed by atoms with Gasteiger partial charge in [-0.2, -0.15) is 0 Å². The molecule has 0 unspecified atom stereocenters. The van der Waals surface area contributed by atoms with Crippen LogP contribution in [0.25, 0.3) is 0 Å². The minimum absolute atomic E-state index is 0.151. The summed E-state index contributed by atoms with van der Waals surface area (Å²) >= 11 is 5.07. The van der Waals surface area contributed by atoms with Crippen LogP contribution in [0.2, 0.25) is 0 Å². The van der Waals surface area contributed by atoms with Gasteiger partial charge in [0.05, 0.1) is 9.35 Å². The summed E-state index contributed by atoms with van der Waals surface area (Å²) in [6, 6.07) is 5.58. The normalized spacial score (nSPS) is 10.6. The van der Waals surface area contributed by atoms with Crippen molar-refractivity contribution < 1.29 is 9.90 Å². The number of nitrogens with two attached hydrogens (primary N) is 1. The maximum absolute atomic E-state index is 11.2. The highest BCUT2D eigenvalue weighted by Gasteiger charge is 2.14. The molecule has 1 heterocycles. The van der Waals surface area contributed by atoms with Gasteiger partial charge in [-0.3, -0.25) is 0 Å². The molecule has 3 N–H and O–H groups in total. The van der Waals surface area contributed by atoms with Gasteiger partial charge in [0, 0.05) is 25.0 Å². The van der Waals surface area contributed by atoms with Gasteiger partial charge in [-0.1, -0.05) is 0 Å². The molecule has 20 heavy (non-hydrogen) atoms. The summed E-state index contributed by atoms with van der Waals surface area (Å²) in [6.45, 7) is 2.53. The Balaban J connectivity index is 2.30. The Morgan fingerprint density at radius 1 is 1.45 bits per heavy atom. The third-order valence-electron chi connectivity index (χ3n) is 3.08. The number of nitrogen functional groups attached to an aromatic ring is 1. The number of aryl methyl sites for hydroxylation is 1. The van der Waals surface area contributed by atoms with Crippen molar-refractivity contribution in [2.24, 2.45) is 0 Å². The lowest BCUT2D eigenvalue weighted by molar-refractivity contribution is 0.0698. The van der Waals surface area contributed by atoms with Gasteiger partial charge in [0.15, 0.2) is 0 Å². The van der Waals surface area contributed by atoms with Crippen LogP contribution in [0, 0.1) is 6.92 Å². The fourth-order valence-corrected chi connectivity index (χ4v) is 3.17. The van der Waals surface area contributed by atoms with Gasteiger partial charge in [-0.25, -0.2) is 4.79 Å². The van der Waals surface area contributed by atoms with Crippen molar-refractivity contribution in [3.63, 3.8) is 0 Å². The van der Waals surface area contributed by atoms with Crippen LogP contribution in [-0.2, 0) is 6.54 Å².